The summed E-state index contributed by atoms with van der Waals surface area (Å²) in [7, 11) is 3.10. The van der Waals surface area contributed by atoms with E-state index in [-0.39, 0.29) is 17.4 Å². The van der Waals surface area contributed by atoms with Crippen molar-refractivity contribution in [1.29, 1.82) is 0 Å². The second kappa shape index (κ2) is 8.79. The normalized spacial score (nSPS) is 17.0. The van der Waals surface area contributed by atoms with Crippen LogP contribution in [0.2, 0.25) is 0 Å². The predicted molar refractivity (Wildman–Crippen MR) is 124 cm³/mol. The van der Waals surface area contributed by atoms with Gasteiger partial charge in [-0.3, -0.25) is 14.3 Å². The van der Waals surface area contributed by atoms with Gasteiger partial charge in [-0.05, 0) is 24.6 Å². The quantitative estimate of drug-likeness (QED) is 0.586. The van der Waals surface area contributed by atoms with E-state index in [1.54, 1.807) is 13.2 Å². The molecule has 0 bridgehead atoms. The van der Waals surface area contributed by atoms with Crippen LogP contribution in [0.3, 0.4) is 0 Å². The van der Waals surface area contributed by atoms with E-state index in [1.165, 1.54) is 17.7 Å². The minimum atomic E-state index is -0.628. The van der Waals surface area contributed by atoms with Crippen LogP contribution in [0.25, 0.3) is 10.9 Å². The number of amides is 1. The summed E-state index contributed by atoms with van der Waals surface area (Å²) in [6, 6.07) is 7.54. The highest BCUT2D eigenvalue weighted by Crippen LogP contribution is 2.23. The molecule has 1 aliphatic rings. The minimum absolute atomic E-state index is 0.201. The average molecular weight is 457 g/mol. The molecule has 168 valence electrons. The number of hydrogen-bond donors (Lipinski definition) is 2. The highest BCUT2D eigenvalue weighted by atomic mass is 32.1. The molecule has 0 spiro atoms. The Kier molecular flexibility index (Phi) is 6.07. The van der Waals surface area contributed by atoms with E-state index in [4.69, 9.17) is 12.2 Å². The van der Waals surface area contributed by atoms with Crippen LogP contribution in [0.5, 0.6) is 0 Å². The van der Waals surface area contributed by atoms with Gasteiger partial charge in [0.15, 0.2) is 11.5 Å². The van der Waals surface area contributed by atoms with Crippen LogP contribution in [0, 0.1) is 10.5 Å². The van der Waals surface area contributed by atoms with Crippen LogP contribution in [-0.4, -0.2) is 58.1 Å². The molecule has 3 aromatic rings. The van der Waals surface area contributed by atoms with E-state index < -0.39 is 11.7 Å². The Bertz CT molecular complexity index is 1300. The molecule has 32 heavy (non-hydrogen) atoms. The van der Waals surface area contributed by atoms with Crippen molar-refractivity contribution in [3.63, 3.8) is 0 Å². The molecule has 1 aliphatic heterocycles. The molecule has 1 amide bonds. The van der Waals surface area contributed by atoms with E-state index >= 15 is 0 Å². The summed E-state index contributed by atoms with van der Waals surface area (Å²) in [5.74, 6) is -1.17. The third-order valence-corrected chi connectivity index (χ3v) is 6.44. The van der Waals surface area contributed by atoms with Gasteiger partial charge in [-0.25, -0.2) is 14.2 Å². The lowest BCUT2D eigenvalue weighted by Crippen LogP contribution is -2.51. The maximum atomic E-state index is 14.3. The van der Waals surface area contributed by atoms with Crippen molar-refractivity contribution < 1.29 is 9.18 Å². The number of pyridine rings is 1. The van der Waals surface area contributed by atoms with E-state index in [9.17, 15) is 14.0 Å². The first-order chi connectivity index (χ1) is 15.3. The Morgan fingerprint density at radius 1 is 1.34 bits per heavy atom. The molecule has 2 N–H and O–H groups in total. The van der Waals surface area contributed by atoms with Crippen LogP contribution >= 0.6 is 12.2 Å². The van der Waals surface area contributed by atoms with Crippen LogP contribution in [0.1, 0.15) is 23.0 Å². The Labute approximate surface area is 189 Å². The Hall–Kier alpha value is -3.11. The molecule has 0 aliphatic carbocycles. The molecule has 10 heteroatoms. The largest absolute Gasteiger partial charge is 0.367 e. The highest BCUT2D eigenvalue weighted by Gasteiger charge is 2.25. The van der Waals surface area contributed by atoms with Crippen molar-refractivity contribution in [2.24, 2.45) is 7.05 Å². The van der Waals surface area contributed by atoms with Gasteiger partial charge in [-0.15, -0.1) is 0 Å². The van der Waals surface area contributed by atoms with Gasteiger partial charge in [0.05, 0.1) is 17.4 Å². The summed E-state index contributed by atoms with van der Waals surface area (Å²) in [5.41, 5.74) is 2.05. The number of halogens is 1. The standard InChI is InChI=1S/C22H25FN6O2S/c1-13-11-29(15-9-17(23)19(25-10-15)20(30)24-2)7-6-28(13)12-14-4-5-16-18(8-14)26-22(31)27(3)21(16)32/h4-5,8-10,13H,6-7,11-12H2,1-3H3,(H,24,30)(H,26,31). The van der Waals surface area contributed by atoms with Crippen molar-refractivity contribution >= 4 is 34.7 Å². The van der Waals surface area contributed by atoms with Gasteiger partial charge in [0.25, 0.3) is 5.91 Å². The lowest BCUT2D eigenvalue weighted by molar-refractivity contribution is 0.0953. The highest BCUT2D eigenvalue weighted by molar-refractivity contribution is 7.71. The van der Waals surface area contributed by atoms with Crippen molar-refractivity contribution in [2.45, 2.75) is 19.5 Å². The van der Waals surface area contributed by atoms with E-state index in [2.05, 4.69) is 32.0 Å². The summed E-state index contributed by atoms with van der Waals surface area (Å²) >= 11 is 5.38. The Morgan fingerprint density at radius 3 is 2.81 bits per heavy atom. The molecule has 8 nitrogen and oxygen atoms in total. The molecule has 0 radical (unpaired) electrons. The molecule has 1 unspecified atom stereocenters. The molecule has 1 fully saturated rings. The first-order valence-electron chi connectivity index (χ1n) is 10.4. The van der Waals surface area contributed by atoms with Crippen LogP contribution in [0.4, 0.5) is 10.1 Å². The number of aromatic amines is 1. The van der Waals surface area contributed by atoms with Gasteiger partial charge in [0.1, 0.15) is 4.64 Å². The summed E-state index contributed by atoms with van der Waals surface area (Å²) in [5, 5.41) is 3.23. The summed E-state index contributed by atoms with van der Waals surface area (Å²) < 4.78 is 16.3. The lowest BCUT2D eigenvalue weighted by Gasteiger charge is -2.41. The predicted octanol–water partition coefficient (Wildman–Crippen LogP) is 2.20. The zero-order chi connectivity index (χ0) is 23.0. The maximum Gasteiger partial charge on any atom is 0.326 e. The molecule has 1 atom stereocenters. The van der Waals surface area contributed by atoms with Crippen molar-refractivity contribution in [3.05, 3.63) is 62.7 Å². The SMILES string of the molecule is CNC(=O)c1ncc(N2CCN(Cc3ccc4c(=S)n(C)c(=O)[nH]c4c3)C(C)C2)cc1F. The number of piperazine rings is 1. The Morgan fingerprint density at radius 2 is 2.12 bits per heavy atom. The molecular formula is C22H25FN6O2S. The molecule has 1 aromatic carbocycles. The van der Waals surface area contributed by atoms with Gasteiger partial charge < -0.3 is 15.2 Å². The second-order valence-corrected chi connectivity index (χ2v) is 8.43. The summed E-state index contributed by atoms with van der Waals surface area (Å²) in [6.45, 7) is 5.05. The zero-order valence-electron chi connectivity index (χ0n) is 18.2. The summed E-state index contributed by atoms with van der Waals surface area (Å²) in [4.78, 5) is 35.0. The van der Waals surface area contributed by atoms with Gasteiger partial charge in [-0.2, -0.15) is 0 Å². The van der Waals surface area contributed by atoms with Crippen LogP contribution < -0.4 is 15.9 Å². The molecule has 2 aromatic heterocycles. The molecule has 3 heterocycles. The van der Waals surface area contributed by atoms with Gasteiger partial charge >= 0.3 is 5.69 Å². The number of nitrogens with one attached hydrogen (secondary N) is 2. The second-order valence-electron chi connectivity index (χ2n) is 8.04. The number of nitrogens with zero attached hydrogens (tertiary/aromatic N) is 4. The number of H-pyrrole nitrogens is 1. The summed E-state index contributed by atoms with van der Waals surface area (Å²) in [6.07, 6.45) is 1.54. The van der Waals surface area contributed by atoms with Crippen LogP contribution in [-0.2, 0) is 13.6 Å². The third-order valence-electron chi connectivity index (χ3n) is 5.95. The Balaban J connectivity index is 1.48. The number of anilines is 1. The van der Waals surface area contributed by atoms with Crippen molar-refractivity contribution in [1.82, 2.24) is 24.8 Å². The van der Waals surface area contributed by atoms with E-state index in [1.807, 2.05) is 18.2 Å². The molecule has 1 saturated heterocycles. The van der Waals surface area contributed by atoms with E-state index in [0.717, 1.165) is 29.6 Å². The van der Waals surface area contributed by atoms with Crippen LogP contribution in [0.15, 0.2) is 35.3 Å². The minimum Gasteiger partial charge on any atom is -0.367 e. The number of hydrogen-bond acceptors (Lipinski definition) is 6. The molecule has 4 rings (SSSR count). The number of rotatable bonds is 4. The first kappa shape index (κ1) is 22.1. The topological polar surface area (TPSA) is 86.3 Å². The fourth-order valence-electron chi connectivity index (χ4n) is 4.04. The van der Waals surface area contributed by atoms with Gasteiger partial charge in [0, 0.05) is 57.8 Å². The number of aromatic nitrogens is 3. The fraction of sp³-hybridized carbons (Fsp3) is 0.364. The number of benzene rings is 1. The average Bonchev–Trinajstić information content (AvgIpc) is 2.78. The van der Waals surface area contributed by atoms with Crippen molar-refractivity contribution in [3.8, 4) is 0 Å². The van der Waals surface area contributed by atoms with E-state index in [0.29, 0.717) is 23.4 Å². The monoisotopic (exact) mass is 456 g/mol. The maximum absolute atomic E-state index is 14.3. The number of carbonyl (C=O) groups excluding carboxylic acids is 1. The van der Waals surface area contributed by atoms with Crippen molar-refractivity contribution in [2.75, 3.05) is 31.6 Å². The zero-order valence-corrected chi connectivity index (χ0v) is 19.0. The smallest absolute Gasteiger partial charge is 0.326 e. The number of carbonyl (C=O) groups is 1. The lowest BCUT2D eigenvalue weighted by atomic mass is 10.1. The fourth-order valence-corrected chi connectivity index (χ4v) is 4.30. The number of fused-ring (bicyclic) bond motifs is 1. The molecular weight excluding hydrogens is 431 g/mol. The first-order valence-corrected chi connectivity index (χ1v) is 10.8. The molecule has 0 saturated carbocycles. The third kappa shape index (κ3) is 4.15. The van der Waals surface area contributed by atoms with Gasteiger partial charge in [0.2, 0.25) is 0 Å². The van der Waals surface area contributed by atoms with Gasteiger partial charge in [-0.1, -0.05) is 18.3 Å².